The Hall–Kier alpha value is -2.38. The lowest BCUT2D eigenvalue weighted by Crippen LogP contribution is -2.27. The van der Waals surface area contributed by atoms with Gasteiger partial charge in [-0.1, -0.05) is 30.1 Å². The molecule has 0 saturated carbocycles. The van der Waals surface area contributed by atoms with Crippen LogP contribution >= 0.6 is 23.2 Å². The maximum absolute atomic E-state index is 11.9. The molecule has 3 rings (SSSR count). The Morgan fingerprint density at radius 1 is 0.842 bits per heavy atom. The lowest BCUT2D eigenvalue weighted by atomic mass is 9.93. The lowest BCUT2D eigenvalue weighted by Gasteiger charge is -2.33. The van der Waals surface area contributed by atoms with E-state index in [9.17, 15) is 4.79 Å². The van der Waals surface area contributed by atoms with Gasteiger partial charge in [-0.15, -0.1) is 0 Å². The van der Waals surface area contributed by atoms with Crippen molar-refractivity contribution in [2.45, 2.75) is 92.1 Å². The first kappa shape index (κ1) is 30.2. The number of carbonyl (C=O) groups is 1. The fraction of sp³-hybridized carbons (Fsp3) is 0.467. The van der Waals surface area contributed by atoms with Gasteiger partial charge in [0, 0.05) is 35.4 Å². The molecule has 0 radical (unpaired) electrons. The third kappa shape index (κ3) is 6.78. The second kappa shape index (κ2) is 11.8. The van der Waals surface area contributed by atoms with Gasteiger partial charge in [0.15, 0.2) is 5.78 Å². The number of hydrogen-bond acceptors (Lipinski definition) is 6. The van der Waals surface area contributed by atoms with E-state index in [-0.39, 0.29) is 11.9 Å². The quantitative estimate of drug-likeness (QED) is 0.233. The van der Waals surface area contributed by atoms with Gasteiger partial charge in [-0.3, -0.25) is 19.7 Å². The Balaban J connectivity index is 1.86. The van der Waals surface area contributed by atoms with Gasteiger partial charge in [0.05, 0.1) is 44.8 Å². The molecule has 0 aliphatic carbocycles. The molecule has 0 aliphatic rings. The zero-order chi connectivity index (χ0) is 28.4. The number of nitrogens with zero attached hydrogens (tertiary/aromatic N) is 3. The van der Waals surface area contributed by atoms with E-state index in [0.717, 1.165) is 34.5 Å². The van der Waals surface area contributed by atoms with Gasteiger partial charge < -0.3 is 9.47 Å². The molecule has 204 valence electrons. The molecule has 3 heterocycles. The molecule has 0 N–H and O–H groups in total. The van der Waals surface area contributed by atoms with E-state index in [4.69, 9.17) is 32.7 Å². The molecular formula is C30H37Cl2N3O3. The highest BCUT2D eigenvalue weighted by molar-refractivity contribution is 6.33. The molecule has 0 amide bonds. The molecule has 3 aromatic rings. The van der Waals surface area contributed by atoms with Crippen LogP contribution in [0, 0.1) is 6.92 Å². The number of aryl methyl sites for hydroxylation is 2. The molecule has 6 nitrogen and oxygen atoms in total. The van der Waals surface area contributed by atoms with Crippen molar-refractivity contribution < 1.29 is 14.3 Å². The van der Waals surface area contributed by atoms with E-state index in [2.05, 4.69) is 41.8 Å². The van der Waals surface area contributed by atoms with Crippen molar-refractivity contribution >= 4 is 29.0 Å². The Labute approximate surface area is 236 Å². The third-order valence-electron chi connectivity index (χ3n) is 6.73. The number of rotatable bonds is 10. The molecule has 0 saturated heterocycles. The predicted octanol–water partition coefficient (Wildman–Crippen LogP) is 8.28. The largest absolute Gasteiger partial charge is 0.362 e. The number of carbonyl (C=O) groups excluding carboxylic acids is 1. The highest BCUT2D eigenvalue weighted by atomic mass is 35.5. The van der Waals surface area contributed by atoms with Gasteiger partial charge in [0.25, 0.3) is 0 Å². The second-order valence-corrected chi connectivity index (χ2v) is 11.4. The monoisotopic (exact) mass is 557 g/mol. The van der Waals surface area contributed by atoms with Gasteiger partial charge in [-0.25, -0.2) is 0 Å². The van der Waals surface area contributed by atoms with Crippen LogP contribution in [0.3, 0.4) is 0 Å². The zero-order valence-electron chi connectivity index (χ0n) is 23.6. The molecule has 0 aromatic carbocycles. The van der Waals surface area contributed by atoms with Crippen molar-refractivity contribution in [1.82, 2.24) is 15.0 Å². The van der Waals surface area contributed by atoms with E-state index in [1.54, 1.807) is 12.3 Å². The van der Waals surface area contributed by atoms with Crippen molar-refractivity contribution in [2.75, 3.05) is 0 Å². The van der Waals surface area contributed by atoms with Crippen molar-refractivity contribution in [3.63, 3.8) is 0 Å². The fourth-order valence-corrected chi connectivity index (χ4v) is 5.19. The SMILES string of the molecule is CCc1cc(C(C)(C)OC(C)c2cc(C(C)(C)OC(C)c3cc(C(C)=O)c(Cl)cn3)c(Cl)cn2)c(C)cn1. The van der Waals surface area contributed by atoms with Crippen LogP contribution in [0.15, 0.2) is 36.8 Å². The Morgan fingerprint density at radius 2 is 1.37 bits per heavy atom. The summed E-state index contributed by atoms with van der Waals surface area (Å²) in [6.07, 6.45) is 5.13. The van der Waals surface area contributed by atoms with Crippen LogP contribution in [0.4, 0.5) is 0 Å². The molecule has 2 atom stereocenters. The summed E-state index contributed by atoms with van der Waals surface area (Å²) >= 11 is 12.8. The van der Waals surface area contributed by atoms with Gasteiger partial charge in [0.1, 0.15) is 0 Å². The van der Waals surface area contributed by atoms with Gasteiger partial charge in [-0.05, 0) is 91.1 Å². The van der Waals surface area contributed by atoms with E-state index < -0.39 is 17.3 Å². The molecule has 3 aromatic heterocycles. The standard InChI is InChI=1S/C30H37Cl2N3O3/c1-10-21-11-23(17(2)14-33-21)29(6,7)37-20(5)28-13-24(26(32)16-35-28)30(8,9)38-19(4)27-12-22(18(3)36)25(31)15-34-27/h11-16,19-20H,10H2,1-9H3. The van der Waals surface area contributed by atoms with Gasteiger partial charge in [0.2, 0.25) is 0 Å². The first-order valence-electron chi connectivity index (χ1n) is 12.8. The average Bonchev–Trinajstić information content (AvgIpc) is 2.83. The minimum Gasteiger partial charge on any atom is -0.362 e. The third-order valence-corrected chi connectivity index (χ3v) is 7.33. The highest BCUT2D eigenvalue weighted by Crippen LogP contribution is 2.38. The van der Waals surface area contributed by atoms with Gasteiger partial charge in [-0.2, -0.15) is 0 Å². The maximum Gasteiger partial charge on any atom is 0.161 e. The number of pyridine rings is 3. The minimum absolute atomic E-state index is 0.128. The lowest BCUT2D eigenvalue weighted by molar-refractivity contribution is -0.0756. The Kier molecular flexibility index (Phi) is 9.36. The van der Waals surface area contributed by atoms with Crippen LogP contribution in [0.5, 0.6) is 0 Å². The minimum atomic E-state index is -0.793. The average molecular weight is 559 g/mol. The summed E-state index contributed by atoms with van der Waals surface area (Å²) in [5.41, 5.74) is 4.39. The Morgan fingerprint density at radius 3 is 1.92 bits per heavy atom. The summed E-state index contributed by atoms with van der Waals surface area (Å²) in [7, 11) is 0. The second-order valence-electron chi connectivity index (χ2n) is 10.6. The van der Waals surface area contributed by atoms with E-state index >= 15 is 0 Å². The number of aromatic nitrogens is 3. The summed E-state index contributed by atoms with van der Waals surface area (Å²) < 4.78 is 13.0. The number of Topliss-reactive ketones (excluding diaryl/α,β-unsaturated/α-hetero) is 1. The highest BCUT2D eigenvalue weighted by Gasteiger charge is 2.31. The summed E-state index contributed by atoms with van der Waals surface area (Å²) in [5.74, 6) is -0.128. The van der Waals surface area contributed by atoms with Crippen LogP contribution in [0.2, 0.25) is 10.0 Å². The van der Waals surface area contributed by atoms with Crippen LogP contribution in [-0.2, 0) is 27.1 Å². The molecule has 38 heavy (non-hydrogen) atoms. The molecule has 0 spiro atoms. The summed E-state index contributed by atoms with van der Waals surface area (Å²) in [5, 5.41) is 0.808. The molecule has 0 fully saturated rings. The molecule has 0 bridgehead atoms. The predicted molar refractivity (Wildman–Crippen MR) is 152 cm³/mol. The Bertz CT molecular complexity index is 1320. The molecule has 8 heteroatoms. The van der Waals surface area contributed by atoms with E-state index in [0.29, 0.717) is 21.3 Å². The van der Waals surface area contributed by atoms with Crippen LogP contribution < -0.4 is 0 Å². The number of hydrogen-bond donors (Lipinski definition) is 0. The first-order valence-corrected chi connectivity index (χ1v) is 13.6. The molecule has 2 unspecified atom stereocenters. The van der Waals surface area contributed by atoms with Crippen LogP contribution in [0.25, 0.3) is 0 Å². The number of ketones is 1. The van der Waals surface area contributed by atoms with Crippen molar-refractivity contribution in [1.29, 1.82) is 0 Å². The summed E-state index contributed by atoms with van der Waals surface area (Å²) in [6.45, 7) is 17.5. The van der Waals surface area contributed by atoms with Gasteiger partial charge >= 0.3 is 0 Å². The number of ether oxygens (including phenoxy) is 2. The number of halogens is 2. The smallest absolute Gasteiger partial charge is 0.161 e. The summed E-state index contributed by atoms with van der Waals surface area (Å²) in [4.78, 5) is 25.4. The fourth-order valence-electron chi connectivity index (χ4n) is 4.63. The normalized spacial score (nSPS) is 13.9. The topological polar surface area (TPSA) is 74.2 Å². The molecule has 0 aliphatic heterocycles. The van der Waals surface area contributed by atoms with E-state index in [1.165, 1.54) is 13.1 Å². The van der Waals surface area contributed by atoms with Crippen LogP contribution in [-0.4, -0.2) is 20.7 Å². The van der Waals surface area contributed by atoms with Crippen molar-refractivity contribution in [2.24, 2.45) is 0 Å². The van der Waals surface area contributed by atoms with Crippen molar-refractivity contribution in [3.05, 3.63) is 86.2 Å². The first-order chi connectivity index (χ1) is 17.7. The maximum atomic E-state index is 11.9. The summed E-state index contributed by atoms with van der Waals surface area (Å²) in [6, 6.07) is 5.72. The zero-order valence-corrected chi connectivity index (χ0v) is 25.2. The molecular weight excluding hydrogens is 521 g/mol. The van der Waals surface area contributed by atoms with Crippen LogP contribution in [0.1, 0.15) is 112 Å². The van der Waals surface area contributed by atoms with E-state index in [1.807, 2.05) is 46.9 Å². The van der Waals surface area contributed by atoms with Crippen molar-refractivity contribution in [3.8, 4) is 0 Å².